The van der Waals surface area contributed by atoms with E-state index in [-0.39, 0.29) is 17.1 Å². The van der Waals surface area contributed by atoms with E-state index in [4.69, 9.17) is 20.4 Å². The van der Waals surface area contributed by atoms with Crippen LogP contribution < -0.4 is 0 Å². The van der Waals surface area contributed by atoms with Crippen LogP contribution in [0, 0.1) is 0 Å². The molecule has 2 aliphatic carbocycles. The standard InChI is InChI=1S/2C11H13NO2.Cu/c2*1-12(2)10-6-3-9(4-7-10)5-8-11(13)14;/h2*3-8H,1-2H3,(H,13,14);/p+4. The molecule has 0 aromatic carbocycles. The van der Waals surface area contributed by atoms with Crippen LogP contribution >= 0.6 is 0 Å². The molecule has 0 fully saturated rings. The SMILES string of the molecule is C[N+](C)=C1C=CC(=C/C=C(\O)[OH2+])C=C1.C[N+](C)=C1C=CC(=C/C=C(\O)[OH2+])C=C1.[Cu]. The van der Waals surface area contributed by atoms with Gasteiger partial charge in [-0.3, -0.25) is 0 Å². The Morgan fingerprint density at radius 3 is 1.14 bits per heavy atom. The van der Waals surface area contributed by atoms with Crippen molar-refractivity contribution in [3.63, 3.8) is 0 Å². The van der Waals surface area contributed by atoms with Crippen LogP contribution in [0.25, 0.3) is 0 Å². The van der Waals surface area contributed by atoms with Crippen molar-refractivity contribution in [2.75, 3.05) is 28.2 Å². The van der Waals surface area contributed by atoms with E-state index < -0.39 is 11.9 Å². The summed E-state index contributed by atoms with van der Waals surface area (Å²) in [5.74, 6) is -0.858. The molecule has 0 aromatic rings. The summed E-state index contributed by atoms with van der Waals surface area (Å²) in [6.07, 6.45) is 21.8. The van der Waals surface area contributed by atoms with E-state index in [0.717, 1.165) is 22.6 Å². The normalized spacial score (nSPS) is 15.4. The maximum Gasteiger partial charge on any atom is 0.449 e. The van der Waals surface area contributed by atoms with E-state index in [9.17, 15) is 0 Å². The first-order valence-electron chi connectivity index (χ1n) is 8.65. The number of aliphatic hydroxyl groups is 2. The van der Waals surface area contributed by atoms with Crippen molar-refractivity contribution < 1.29 is 46.6 Å². The Labute approximate surface area is 182 Å². The zero-order valence-electron chi connectivity index (χ0n) is 17.0. The van der Waals surface area contributed by atoms with Gasteiger partial charge in [0.1, 0.15) is 28.2 Å². The second kappa shape index (κ2) is 13.2. The van der Waals surface area contributed by atoms with Gasteiger partial charge in [0.15, 0.2) is 11.4 Å². The zero-order valence-corrected chi connectivity index (χ0v) is 18.0. The van der Waals surface area contributed by atoms with Crippen molar-refractivity contribution in [3.8, 4) is 0 Å². The third kappa shape index (κ3) is 10.8. The molecule has 0 aromatic heterocycles. The molecule has 0 spiro atoms. The van der Waals surface area contributed by atoms with Gasteiger partial charge in [0.25, 0.3) is 0 Å². The molecule has 7 heteroatoms. The predicted octanol–water partition coefficient (Wildman–Crippen LogP) is 1.75. The zero-order chi connectivity index (χ0) is 21.1. The van der Waals surface area contributed by atoms with Crippen molar-refractivity contribution >= 4 is 11.4 Å². The fourth-order valence-electron chi connectivity index (χ4n) is 2.12. The molecule has 2 aliphatic rings. The maximum absolute atomic E-state index is 8.64. The van der Waals surface area contributed by atoms with E-state index in [1.165, 1.54) is 12.2 Å². The Hall–Kier alpha value is -3.02. The first-order valence-corrected chi connectivity index (χ1v) is 8.65. The molecular weight excluding hydrogens is 420 g/mol. The summed E-state index contributed by atoms with van der Waals surface area (Å²) in [5, 5.41) is 30.9. The third-order valence-electron chi connectivity index (χ3n) is 3.69. The summed E-state index contributed by atoms with van der Waals surface area (Å²) in [4.78, 5) is 0. The summed E-state index contributed by atoms with van der Waals surface area (Å²) in [6.45, 7) is 0. The minimum Gasteiger partial charge on any atom is -0.567 e. The van der Waals surface area contributed by atoms with Gasteiger partial charge in [-0.15, -0.1) is 0 Å². The second-order valence-electron chi connectivity index (χ2n) is 6.41. The molecular formula is C22H30CuN2O4+4. The monoisotopic (exact) mass is 449 g/mol. The Kier molecular flexibility index (Phi) is 11.8. The minimum atomic E-state index is -0.429. The minimum absolute atomic E-state index is 0. The molecule has 0 heterocycles. The van der Waals surface area contributed by atoms with Crippen molar-refractivity contribution in [1.82, 2.24) is 0 Å². The number of hydrogen-bond donors (Lipinski definition) is 2. The van der Waals surface area contributed by atoms with Gasteiger partial charge in [-0.1, -0.05) is 0 Å². The Morgan fingerprint density at radius 1 is 0.655 bits per heavy atom. The summed E-state index contributed by atoms with van der Waals surface area (Å²) in [5.41, 5.74) is 4.19. The van der Waals surface area contributed by atoms with Crippen LogP contribution in [0.4, 0.5) is 0 Å². The summed E-state index contributed by atoms with van der Waals surface area (Å²) < 4.78 is 4.03. The topological polar surface area (TPSA) is 92.3 Å². The van der Waals surface area contributed by atoms with Crippen LogP contribution in [-0.2, 0) is 17.1 Å². The Bertz CT molecular complexity index is 770. The van der Waals surface area contributed by atoms with Crippen molar-refractivity contribution in [3.05, 3.63) is 95.9 Å². The molecule has 0 saturated heterocycles. The smallest absolute Gasteiger partial charge is 0.449 e. The first kappa shape index (κ1) is 26.0. The molecule has 6 nitrogen and oxygen atoms in total. The molecule has 6 N–H and O–H groups in total. The second-order valence-corrected chi connectivity index (χ2v) is 6.41. The molecule has 0 saturated carbocycles. The van der Waals surface area contributed by atoms with E-state index in [1.807, 2.05) is 85.9 Å². The number of allylic oxidation sites excluding steroid dienone is 14. The van der Waals surface area contributed by atoms with E-state index in [2.05, 4.69) is 0 Å². The van der Waals surface area contributed by atoms with Gasteiger partial charge < -0.3 is 20.4 Å². The van der Waals surface area contributed by atoms with Crippen LogP contribution in [0.5, 0.6) is 0 Å². The average Bonchev–Trinajstić information content (AvgIpc) is 2.65. The maximum atomic E-state index is 8.64. The molecule has 29 heavy (non-hydrogen) atoms. The molecule has 0 atom stereocenters. The largest absolute Gasteiger partial charge is 0.567 e. The molecule has 0 aliphatic heterocycles. The summed E-state index contributed by atoms with van der Waals surface area (Å²) in [6, 6.07) is 0. The molecule has 159 valence electrons. The van der Waals surface area contributed by atoms with Crippen LogP contribution in [0.15, 0.2) is 95.9 Å². The number of aliphatic hydroxyl groups excluding tert-OH is 2. The van der Waals surface area contributed by atoms with Gasteiger partial charge in [-0.05, 0) is 47.6 Å². The first-order chi connectivity index (χ1) is 13.2. The Balaban J connectivity index is 0.000000523. The van der Waals surface area contributed by atoms with Gasteiger partial charge in [-0.2, -0.15) is 0 Å². The molecule has 0 amide bonds. The quantitative estimate of drug-likeness (QED) is 0.291. The fourth-order valence-corrected chi connectivity index (χ4v) is 2.12. The van der Waals surface area contributed by atoms with Gasteiger partial charge >= 0.3 is 11.9 Å². The molecule has 2 rings (SSSR count). The van der Waals surface area contributed by atoms with Crippen molar-refractivity contribution in [1.29, 1.82) is 0 Å². The molecule has 0 unspecified atom stereocenters. The fraction of sp³-hybridized carbons (Fsp3) is 0.182. The van der Waals surface area contributed by atoms with Gasteiger partial charge in [0.05, 0.1) is 12.2 Å². The number of rotatable bonds is 2. The van der Waals surface area contributed by atoms with E-state index in [0.29, 0.717) is 0 Å². The molecule has 1 radical (unpaired) electrons. The Morgan fingerprint density at radius 2 is 0.931 bits per heavy atom. The predicted molar refractivity (Wildman–Crippen MR) is 116 cm³/mol. The summed E-state index contributed by atoms with van der Waals surface area (Å²) >= 11 is 0. The molecule has 0 bridgehead atoms. The summed E-state index contributed by atoms with van der Waals surface area (Å²) in [7, 11) is 7.92. The number of nitrogens with zero attached hydrogens (tertiary/aromatic N) is 2. The van der Waals surface area contributed by atoms with Crippen LogP contribution in [-0.4, -0.2) is 69.2 Å². The average molecular weight is 450 g/mol. The van der Waals surface area contributed by atoms with Crippen molar-refractivity contribution in [2.24, 2.45) is 0 Å². The van der Waals surface area contributed by atoms with Gasteiger partial charge in [-0.25, -0.2) is 9.15 Å². The van der Waals surface area contributed by atoms with Crippen molar-refractivity contribution in [2.45, 2.75) is 0 Å². The van der Waals surface area contributed by atoms with E-state index >= 15 is 0 Å². The number of hydrogen-bond acceptors (Lipinski definition) is 2. The van der Waals surface area contributed by atoms with Gasteiger partial charge in [0.2, 0.25) is 0 Å². The third-order valence-corrected chi connectivity index (χ3v) is 3.69. The van der Waals surface area contributed by atoms with Gasteiger partial charge in [0, 0.05) is 41.4 Å². The van der Waals surface area contributed by atoms with E-state index in [1.54, 1.807) is 12.2 Å². The van der Waals surface area contributed by atoms with Crippen LogP contribution in [0.2, 0.25) is 0 Å². The van der Waals surface area contributed by atoms with Crippen LogP contribution in [0.3, 0.4) is 0 Å². The van der Waals surface area contributed by atoms with Crippen LogP contribution in [0.1, 0.15) is 0 Å².